The molecule has 1 amide bonds. The fourth-order valence-corrected chi connectivity index (χ4v) is 3.16. The molecule has 7 nitrogen and oxygen atoms in total. The summed E-state index contributed by atoms with van der Waals surface area (Å²) in [6.45, 7) is 9.96. The quantitative estimate of drug-likeness (QED) is 0.716. The van der Waals surface area contributed by atoms with Gasteiger partial charge in [-0.3, -0.25) is 19.9 Å². The highest BCUT2D eigenvalue weighted by Gasteiger charge is 2.26. The van der Waals surface area contributed by atoms with Crippen LogP contribution in [0.1, 0.15) is 20.3 Å². The Hall–Kier alpha value is -1.09. The van der Waals surface area contributed by atoms with Crippen molar-refractivity contribution in [2.24, 2.45) is 0 Å². The van der Waals surface area contributed by atoms with E-state index in [2.05, 4.69) is 32.2 Å². The van der Waals surface area contributed by atoms with E-state index in [-0.39, 0.29) is 5.91 Å². The fourth-order valence-electron chi connectivity index (χ4n) is 2.70. The smallest absolute Gasteiger partial charge is 0.240 e. The number of rotatable bonds is 8. The number of ether oxygens (including phenoxy) is 1. The van der Waals surface area contributed by atoms with Crippen LogP contribution in [-0.4, -0.2) is 77.9 Å². The monoisotopic (exact) mass is 327 g/mol. The predicted molar refractivity (Wildman–Crippen MR) is 87.1 cm³/mol. The van der Waals surface area contributed by atoms with Crippen LogP contribution in [-0.2, 0) is 9.53 Å². The van der Waals surface area contributed by atoms with Crippen molar-refractivity contribution in [2.75, 3.05) is 51.3 Å². The summed E-state index contributed by atoms with van der Waals surface area (Å²) >= 11 is 1.34. The number of nitrogens with zero attached hydrogens (tertiary/aromatic N) is 4. The summed E-state index contributed by atoms with van der Waals surface area (Å²) in [5, 5.41) is 10.9. The van der Waals surface area contributed by atoms with Crippen molar-refractivity contribution >= 4 is 22.4 Å². The van der Waals surface area contributed by atoms with Gasteiger partial charge in [0.05, 0.1) is 13.2 Å². The van der Waals surface area contributed by atoms with Crippen LogP contribution in [0.15, 0.2) is 5.51 Å². The maximum Gasteiger partial charge on any atom is 0.240 e. The Kier molecular flexibility index (Phi) is 7.17. The van der Waals surface area contributed by atoms with Gasteiger partial charge in [0.1, 0.15) is 5.51 Å². The topological polar surface area (TPSA) is 70.6 Å². The number of carbonyl (C=O) groups excluding carboxylic acids is 1. The Morgan fingerprint density at radius 1 is 1.50 bits per heavy atom. The average molecular weight is 327 g/mol. The van der Waals surface area contributed by atoms with E-state index < -0.39 is 0 Å². The largest absolute Gasteiger partial charge is 0.380 e. The minimum atomic E-state index is -0.0191. The van der Waals surface area contributed by atoms with Gasteiger partial charge in [-0.1, -0.05) is 18.3 Å². The van der Waals surface area contributed by atoms with Crippen molar-refractivity contribution in [3.63, 3.8) is 0 Å². The molecule has 1 aromatic rings. The molecule has 0 aliphatic carbocycles. The van der Waals surface area contributed by atoms with Crippen molar-refractivity contribution in [3.05, 3.63) is 5.51 Å². The molecule has 124 valence electrons. The van der Waals surface area contributed by atoms with Crippen LogP contribution in [0.25, 0.3) is 0 Å². The molecule has 1 N–H and O–H groups in total. The van der Waals surface area contributed by atoms with E-state index in [1.807, 2.05) is 6.92 Å². The van der Waals surface area contributed by atoms with Crippen LogP contribution in [0.2, 0.25) is 0 Å². The van der Waals surface area contributed by atoms with E-state index in [0.29, 0.717) is 17.7 Å². The van der Waals surface area contributed by atoms with E-state index in [0.717, 1.165) is 45.8 Å². The minimum Gasteiger partial charge on any atom is -0.380 e. The van der Waals surface area contributed by atoms with Gasteiger partial charge in [0, 0.05) is 38.8 Å². The number of hydrogen-bond acceptors (Lipinski definition) is 7. The molecule has 0 bridgehead atoms. The van der Waals surface area contributed by atoms with Crippen molar-refractivity contribution in [2.45, 2.75) is 26.3 Å². The second-order valence-corrected chi connectivity index (χ2v) is 6.16. The lowest BCUT2D eigenvalue weighted by molar-refractivity contribution is -0.118. The van der Waals surface area contributed by atoms with Crippen molar-refractivity contribution in [1.82, 2.24) is 20.0 Å². The van der Waals surface area contributed by atoms with Crippen LogP contribution >= 0.6 is 11.3 Å². The highest BCUT2D eigenvalue weighted by atomic mass is 32.1. The molecule has 1 aromatic heterocycles. The Morgan fingerprint density at radius 3 is 3.05 bits per heavy atom. The van der Waals surface area contributed by atoms with E-state index >= 15 is 0 Å². The molecule has 2 rings (SSSR count). The van der Waals surface area contributed by atoms with Gasteiger partial charge < -0.3 is 4.74 Å². The molecule has 0 saturated carbocycles. The molecule has 1 saturated heterocycles. The summed E-state index contributed by atoms with van der Waals surface area (Å²) < 4.78 is 5.45. The van der Waals surface area contributed by atoms with Gasteiger partial charge in [0.15, 0.2) is 0 Å². The highest BCUT2D eigenvalue weighted by Crippen LogP contribution is 2.13. The third-order valence-corrected chi connectivity index (χ3v) is 4.47. The summed E-state index contributed by atoms with van der Waals surface area (Å²) in [5.74, 6) is -0.0191. The summed E-state index contributed by atoms with van der Waals surface area (Å²) in [6, 6.07) is 0.489. The molecule has 1 aliphatic heterocycles. The van der Waals surface area contributed by atoms with Gasteiger partial charge >= 0.3 is 0 Å². The van der Waals surface area contributed by atoms with Crippen LogP contribution in [0.5, 0.6) is 0 Å². The molecule has 8 heteroatoms. The Balaban J connectivity index is 1.76. The minimum absolute atomic E-state index is 0.0191. The zero-order chi connectivity index (χ0) is 15.8. The summed E-state index contributed by atoms with van der Waals surface area (Å²) in [5.41, 5.74) is 1.61. The Bertz CT molecular complexity index is 442. The van der Waals surface area contributed by atoms with Crippen LogP contribution < -0.4 is 5.32 Å². The van der Waals surface area contributed by atoms with Gasteiger partial charge in [-0.2, -0.15) is 0 Å². The standard InChI is InChI=1S/C14H25N5O2S/c1-3-12-9-18(5-6-19(12)7-8-21-4-2)10-13(20)16-14-17-15-11-22-14/h11-12H,3-10H2,1-2H3,(H,16,17,20)/t12-/m1/s1. The third kappa shape index (κ3) is 5.28. The van der Waals surface area contributed by atoms with Gasteiger partial charge in [0.25, 0.3) is 0 Å². The maximum atomic E-state index is 12.0. The zero-order valence-electron chi connectivity index (χ0n) is 13.3. The first-order valence-electron chi connectivity index (χ1n) is 7.83. The normalized spacial score (nSPS) is 20.2. The summed E-state index contributed by atoms with van der Waals surface area (Å²) in [7, 11) is 0. The molecular weight excluding hydrogens is 302 g/mol. The molecular formula is C14H25N5O2S. The first-order chi connectivity index (χ1) is 10.7. The van der Waals surface area contributed by atoms with Crippen LogP contribution in [0.4, 0.5) is 5.13 Å². The summed E-state index contributed by atoms with van der Waals surface area (Å²) in [6.07, 6.45) is 1.08. The van der Waals surface area contributed by atoms with Crippen LogP contribution in [0.3, 0.4) is 0 Å². The van der Waals surface area contributed by atoms with Crippen molar-refractivity contribution in [1.29, 1.82) is 0 Å². The average Bonchev–Trinajstić information content (AvgIpc) is 3.01. The first kappa shape index (κ1) is 17.3. The van der Waals surface area contributed by atoms with Gasteiger partial charge in [-0.05, 0) is 13.3 Å². The number of amides is 1. The lowest BCUT2D eigenvalue weighted by Crippen LogP contribution is -2.54. The van der Waals surface area contributed by atoms with Crippen molar-refractivity contribution < 1.29 is 9.53 Å². The van der Waals surface area contributed by atoms with Gasteiger partial charge in [-0.25, -0.2) is 0 Å². The molecule has 0 radical (unpaired) electrons. The summed E-state index contributed by atoms with van der Waals surface area (Å²) in [4.78, 5) is 16.7. The maximum absolute atomic E-state index is 12.0. The number of aromatic nitrogens is 2. The lowest BCUT2D eigenvalue weighted by atomic mass is 10.1. The molecule has 0 spiro atoms. The Morgan fingerprint density at radius 2 is 2.36 bits per heavy atom. The highest BCUT2D eigenvalue weighted by molar-refractivity contribution is 7.13. The van der Waals surface area contributed by atoms with Crippen LogP contribution in [0, 0.1) is 0 Å². The van der Waals surface area contributed by atoms with E-state index in [1.54, 1.807) is 5.51 Å². The predicted octanol–water partition coefficient (Wildman–Crippen LogP) is 0.909. The van der Waals surface area contributed by atoms with E-state index in [4.69, 9.17) is 4.74 Å². The van der Waals surface area contributed by atoms with Crippen molar-refractivity contribution in [3.8, 4) is 0 Å². The molecule has 2 heterocycles. The van der Waals surface area contributed by atoms with E-state index in [1.165, 1.54) is 11.3 Å². The number of piperazine rings is 1. The molecule has 22 heavy (non-hydrogen) atoms. The fraction of sp³-hybridized carbons (Fsp3) is 0.786. The number of nitrogens with one attached hydrogen (secondary N) is 1. The molecule has 1 fully saturated rings. The molecule has 1 aliphatic rings. The lowest BCUT2D eigenvalue weighted by Gasteiger charge is -2.40. The second-order valence-electron chi connectivity index (χ2n) is 5.32. The number of carbonyl (C=O) groups is 1. The molecule has 0 unspecified atom stereocenters. The van der Waals surface area contributed by atoms with Gasteiger partial charge in [0.2, 0.25) is 11.0 Å². The van der Waals surface area contributed by atoms with E-state index in [9.17, 15) is 4.79 Å². The number of anilines is 1. The number of hydrogen-bond donors (Lipinski definition) is 1. The van der Waals surface area contributed by atoms with Gasteiger partial charge in [-0.15, -0.1) is 10.2 Å². The SMILES string of the molecule is CCOCCN1CCN(CC(=O)Nc2nncs2)C[C@H]1CC. The Labute approximate surface area is 135 Å². The third-order valence-electron chi connectivity index (χ3n) is 3.86. The second kappa shape index (κ2) is 9.14. The molecule has 1 atom stereocenters. The zero-order valence-corrected chi connectivity index (χ0v) is 14.1. The molecule has 0 aromatic carbocycles. The first-order valence-corrected chi connectivity index (χ1v) is 8.71.